The molecule has 0 radical (unpaired) electrons. The summed E-state index contributed by atoms with van der Waals surface area (Å²) >= 11 is 3.36. The normalized spacial score (nSPS) is 11.0. The van der Waals surface area contributed by atoms with Gasteiger partial charge in [0.2, 0.25) is 0 Å². The van der Waals surface area contributed by atoms with Crippen molar-refractivity contribution in [2.24, 2.45) is 0 Å². The van der Waals surface area contributed by atoms with Crippen molar-refractivity contribution in [2.45, 2.75) is 26.4 Å². The highest BCUT2D eigenvalue weighted by Crippen LogP contribution is 2.28. The van der Waals surface area contributed by atoms with E-state index in [-0.39, 0.29) is 18.1 Å². The predicted molar refractivity (Wildman–Crippen MR) is 99.7 cm³/mol. The molecule has 3 aromatic rings. The lowest BCUT2D eigenvalue weighted by atomic mass is 9.98. The molecule has 0 aliphatic carbocycles. The zero-order valence-corrected chi connectivity index (χ0v) is 15.5. The first-order chi connectivity index (χ1) is 12.0. The fourth-order valence-electron chi connectivity index (χ4n) is 2.67. The first-order valence-corrected chi connectivity index (χ1v) is 8.69. The van der Waals surface area contributed by atoms with Crippen LogP contribution in [0.5, 0.6) is 0 Å². The molecule has 0 fully saturated rings. The highest BCUT2D eigenvalue weighted by Gasteiger charge is 2.20. The predicted octanol–water partition coefficient (Wildman–Crippen LogP) is 4.17. The van der Waals surface area contributed by atoms with Crippen molar-refractivity contribution in [3.8, 4) is 0 Å². The van der Waals surface area contributed by atoms with Gasteiger partial charge in [-0.1, -0.05) is 60.1 Å². The van der Waals surface area contributed by atoms with Gasteiger partial charge < -0.3 is 4.74 Å². The van der Waals surface area contributed by atoms with E-state index in [1.807, 2.05) is 44.2 Å². The summed E-state index contributed by atoms with van der Waals surface area (Å²) in [5.41, 5.74) is 1.56. The molecule has 0 saturated heterocycles. The SMILES string of the molecule is CC(C)c1n[nH]c(=O)c2cc(Br)cc(C(=O)OCc3ccccc3)c12. The molecule has 3 rings (SSSR count). The zero-order valence-electron chi connectivity index (χ0n) is 13.9. The highest BCUT2D eigenvalue weighted by atomic mass is 79.9. The van der Waals surface area contributed by atoms with Gasteiger partial charge in [-0.3, -0.25) is 4.79 Å². The van der Waals surface area contributed by atoms with Crippen molar-refractivity contribution in [3.05, 3.63) is 74.1 Å². The number of rotatable bonds is 4. The maximum atomic E-state index is 12.7. The Morgan fingerprint density at radius 3 is 2.64 bits per heavy atom. The fourth-order valence-corrected chi connectivity index (χ4v) is 3.13. The fraction of sp³-hybridized carbons (Fsp3) is 0.211. The van der Waals surface area contributed by atoms with Gasteiger partial charge in [-0.05, 0) is 23.6 Å². The van der Waals surface area contributed by atoms with Gasteiger partial charge in [0.05, 0.1) is 16.6 Å². The summed E-state index contributed by atoms with van der Waals surface area (Å²) < 4.78 is 6.09. The molecule has 0 aliphatic heterocycles. The van der Waals surface area contributed by atoms with Crippen LogP contribution in [0.1, 0.15) is 41.4 Å². The number of nitrogens with one attached hydrogen (secondary N) is 1. The Bertz CT molecular complexity index is 981. The van der Waals surface area contributed by atoms with E-state index in [4.69, 9.17) is 4.74 Å². The molecule has 5 nitrogen and oxygen atoms in total. The summed E-state index contributed by atoms with van der Waals surface area (Å²) in [4.78, 5) is 24.9. The van der Waals surface area contributed by atoms with Gasteiger partial charge in [0, 0.05) is 9.86 Å². The van der Waals surface area contributed by atoms with E-state index in [9.17, 15) is 9.59 Å². The highest BCUT2D eigenvalue weighted by molar-refractivity contribution is 9.10. The molecule has 0 unspecified atom stereocenters. The van der Waals surface area contributed by atoms with Crippen LogP contribution < -0.4 is 5.56 Å². The second-order valence-electron chi connectivity index (χ2n) is 6.03. The topological polar surface area (TPSA) is 72.0 Å². The number of carbonyl (C=O) groups is 1. The van der Waals surface area contributed by atoms with Crippen LogP contribution in [0.4, 0.5) is 0 Å². The molecule has 25 heavy (non-hydrogen) atoms. The molecule has 2 aromatic carbocycles. The van der Waals surface area contributed by atoms with Gasteiger partial charge in [0.15, 0.2) is 0 Å². The largest absolute Gasteiger partial charge is 0.457 e. The Morgan fingerprint density at radius 2 is 1.96 bits per heavy atom. The van der Waals surface area contributed by atoms with Crippen LogP contribution >= 0.6 is 15.9 Å². The number of halogens is 1. The molecule has 1 aromatic heterocycles. The Morgan fingerprint density at radius 1 is 1.24 bits per heavy atom. The summed E-state index contributed by atoms with van der Waals surface area (Å²) in [6.45, 7) is 4.09. The first kappa shape index (κ1) is 17.4. The number of aromatic nitrogens is 2. The number of hydrogen-bond donors (Lipinski definition) is 1. The van der Waals surface area contributed by atoms with Crippen molar-refractivity contribution >= 4 is 32.7 Å². The molecule has 1 N–H and O–H groups in total. The van der Waals surface area contributed by atoms with Crippen molar-refractivity contribution in [2.75, 3.05) is 0 Å². The van der Waals surface area contributed by atoms with Gasteiger partial charge in [-0.15, -0.1) is 0 Å². The van der Waals surface area contributed by atoms with E-state index >= 15 is 0 Å². The number of carbonyl (C=O) groups excluding carboxylic acids is 1. The lowest BCUT2D eigenvalue weighted by Gasteiger charge is -2.13. The Hall–Kier alpha value is -2.47. The summed E-state index contributed by atoms with van der Waals surface area (Å²) in [7, 11) is 0. The van der Waals surface area contributed by atoms with Crippen LogP contribution in [-0.2, 0) is 11.3 Å². The van der Waals surface area contributed by atoms with Gasteiger partial charge in [-0.2, -0.15) is 5.10 Å². The molecule has 1 heterocycles. The molecular weight excluding hydrogens is 384 g/mol. The minimum absolute atomic E-state index is 0.0428. The second kappa shape index (κ2) is 7.19. The third kappa shape index (κ3) is 3.64. The molecule has 128 valence electrons. The smallest absolute Gasteiger partial charge is 0.339 e. The molecule has 0 atom stereocenters. The number of aromatic amines is 1. The van der Waals surface area contributed by atoms with E-state index in [0.717, 1.165) is 5.56 Å². The van der Waals surface area contributed by atoms with Crippen LogP contribution in [-0.4, -0.2) is 16.2 Å². The van der Waals surface area contributed by atoms with Crippen molar-refractivity contribution in [1.82, 2.24) is 10.2 Å². The van der Waals surface area contributed by atoms with Crippen LogP contribution in [0, 0.1) is 0 Å². The summed E-state index contributed by atoms with van der Waals surface area (Å²) in [6, 6.07) is 12.8. The van der Waals surface area contributed by atoms with Gasteiger partial charge in [0.25, 0.3) is 5.56 Å². The third-order valence-electron chi connectivity index (χ3n) is 3.86. The van der Waals surface area contributed by atoms with E-state index in [0.29, 0.717) is 26.5 Å². The number of H-pyrrole nitrogens is 1. The van der Waals surface area contributed by atoms with Crippen LogP contribution in [0.25, 0.3) is 10.8 Å². The average molecular weight is 401 g/mol. The lowest BCUT2D eigenvalue weighted by molar-refractivity contribution is 0.0475. The van der Waals surface area contributed by atoms with Crippen LogP contribution in [0.2, 0.25) is 0 Å². The van der Waals surface area contributed by atoms with E-state index in [1.165, 1.54) is 0 Å². The van der Waals surface area contributed by atoms with Gasteiger partial charge in [-0.25, -0.2) is 9.89 Å². The Kier molecular flexibility index (Phi) is 4.99. The lowest BCUT2D eigenvalue weighted by Crippen LogP contribution is -2.15. The molecule has 0 saturated carbocycles. The number of esters is 1. The number of fused-ring (bicyclic) bond motifs is 1. The van der Waals surface area contributed by atoms with Crippen molar-refractivity contribution in [3.63, 3.8) is 0 Å². The number of benzene rings is 2. The molecule has 6 heteroatoms. The summed E-state index contributed by atoms with van der Waals surface area (Å²) in [5, 5.41) is 7.59. The Balaban J connectivity index is 2.06. The molecular formula is C19H17BrN2O3. The summed E-state index contributed by atoms with van der Waals surface area (Å²) in [5.74, 6) is -0.439. The molecule has 0 aliphatic rings. The quantitative estimate of drug-likeness (QED) is 0.667. The zero-order chi connectivity index (χ0) is 18.0. The third-order valence-corrected chi connectivity index (χ3v) is 4.32. The van der Waals surface area contributed by atoms with Crippen molar-refractivity contribution in [1.29, 1.82) is 0 Å². The van der Waals surface area contributed by atoms with Crippen LogP contribution in [0.15, 0.2) is 51.7 Å². The monoisotopic (exact) mass is 400 g/mol. The standard InChI is InChI=1S/C19H17BrN2O3/c1-11(2)17-16-14(18(23)22-21-17)8-13(20)9-15(16)19(24)25-10-12-6-4-3-5-7-12/h3-9,11H,10H2,1-2H3,(H,22,23). The van der Waals surface area contributed by atoms with E-state index < -0.39 is 5.97 Å². The molecule has 0 amide bonds. The minimum Gasteiger partial charge on any atom is -0.457 e. The average Bonchev–Trinajstić information content (AvgIpc) is 2.60. The van der Waals surface area contributed by atoms with E-state index in [2.05, 4.69) is 26.1 Å². The molecule has 0 spiro atoms. The summed E-state index contributed by atoms with van der Waals surface area (Å²) in [6.07, 6.45) is 0. The minimum atomic E-state index is -0.482. The van der Waals surface area contributed by atoms with Crippen LogP contribution in [0.3, 0.4) is 0 Å². The maximum Gasteiger partial charge on any atom is 0.339 e. The Labute approximate surface area is 153 Å². The molecule has 0 bridgehead atoms. The maximum absolute atomic E-state index is 12.7. The number of ether oxygens (including phenoxy) is 1. The van der Waals surface area contributed by atoms with Gasteiger partial charge >= 0.3 is 5.97 Å². The van der Waals surface area contributed by atoms with Crippen molar-refractivity contribution < 1.29 is 9.53 Å². The number of hydrogen-bond acceptors (Lipinski definition) is 4. The number of nitrogens with zero attached hydrogens (tertiary/aromatic N) is 1. The first-order valence-electron chi connectivity index (χ1n) is 7.90. The second-order valence-corrected chi connectivity index (χ2v) is 6.95. The van der Waals surface area contributed by atoms with Gasteiger partial charge in [0.1, 0.15) is 6.61 Å². The van der Waals surface area contributed by atoms with E-state index in [1.54, 1.807) is 12.1 Å².